The third-order valence-corrected chi connectivity index (χ3v) is 4.75. The zero-order valence-electron chi connectivity index (χ0n) is 13.9. The number of aliphatic carboxylic acids is 1. The number of hydrogen-bond donors (Lipinski definition) is 2. The quantitative estimate of drug-likeness (QED) is 0.769. The van der Waals surface area contributed by atoms with Crippen LogP contribution in [0.2, 0.25) is 0 Å². The molecule has 7 heteroatoms. The van der Waals surface area contributed by atoms with E-state index < -0.39 is 29.1 Å². The van der Waals surface area contributed by atoms with Gasteiger partial charge in [-0.1, -0.05) is 13.8 Å². The van der Waals surface area contributed by atoms with E-state index in [1.165, 1.54) is 25.2 Å². The molecule has 2 rings (SSSR count). The monoisotopic (exact) mass is 332 g/mol. The van der Waals surface area contributed by atoms with Crippen LogP contribution in [0.1, 0.15) is 57.8 Å². The summed E-state index contributed by atoms with van der Waals surface area (Å²) in [6.07, 6.45) is 0.780. The summed E-state index contributed by atoms with van der Waals surface area (Å²) in [5, 5.41) is 12.0. The van der Waals surface area contributed by atoms with Gasteiger partial charge in [0.2, 0.25) is 0 Å². The first-order valence-electron chi connectivity index (χ1n) is 7.75. The first kappa shape index (κ1) is 17.7. The number of carbonyl (C=O) groups is 4. The maximum absolute atomic E-state index is 12.3. The summed E-state index contributed by atoms with van der Waals surface area (Å²) < 4.78 is 0. The largest absolute Gasteiger partial charge is 0.481 e. The Labute approximate surface area is 139 Å². The van der Waals surface area contributed by atoms with E-state index in [0.29, 0.717) is 12.8 Å². The van der Waals surface area contributed by atoms with Crippen LogP contribution >= 0.6 is 0 Å². The highest BCUT2D eigenvalue weighted by molar-refractivity contribution is 6.21. The van der Waals surface area contributed by atoms with Gasteiger partial charge in [0.25, 0.3) is 17.7 Å². The Morgan fingerprint density at radius 3 is 2.25 bits per heavy atom. The number of amides is 3. The van der Waals surface area contributed by atoms with Gasteiger partial charge >= 0.3 is 5.97 Å². The van der Waals surface area contributed by atoms with Gasteiger partial charge in [0, 0.05) is 19.2 Å². The molecule has 0 unspecified atom stereocenters. The van der Waals surface area contributed by atoms with Crippen LogP contribution in [0.5, 0.6) is 0 Å². The number of carboxylic acid groups (broad SMARTS) is 1. The summed E-state index contributed by atoms with van der Waals surface area (Å²) >= 11 is 0. The van der Waals surface area contributed by atoms with Crippen molar-refractivity contribution in [3.63, 3.8) is 0 Å². The van der Waals surface area contributed by atoms with Crippen LogP contribution in [0, 0.1) is 5.41 Å². The van der Waals surface area contributed by atoms with Crippen molar-refractivity contribution < 1.29 is 24.3 Å². The van der Waals surface area contributed by atoms with Crippen molar-refractivity contribution in [3.8, 4) is 0 Å². The van der Waals surface area contributed by atoms with Crippen LogP contribution in [0.4, 0.5) is 0 Å². The first-order valence-corrected chi connectivity index (χ1v) is 7.75. The molecule has 24 heavy (non-hydrogen) atoms. The van der Waals surface area contributed by atoms with Crippen LogP contribution < -0.4 is 5.32 Å². The lowest BCUT2D eigenvalue weighted by atomic mass is 9.82. The van der Waals surface area contributed by atoms with Crippen molar-refractivity contribution in [2.45, 2.75) is 26.7 Å². The molecule has 1 aliphatic rings. The fraction of sp³-hybridized carbons (Fsp3) is 0.412. The lowest BCUT2D eigenvalue weighted by Gasteiger charge is -2.26. The molecule has 0 saturated heterocycles. The third kappa shape index (κ3) is 2.77. The SMILES string of the molecule is CCC(CC)(CNC(=O)c1ccc2c(c1)C(=O)N(C)C2=O)C(=O)O. The first-order chi connectivity index (χ1) is 11.3. The van der Waals surface area contributed by atoms with Gasteiger partial charge in [-0.15, -0.1) is 0 Å². The molecule has 7 nitrogen and oxygen atoms in total. The highest BCUT2D eigenvalue weighted by Gasteiger charge is 2.36. The minimum Gasteiger partial charge on any atom is -0.481 e. The maximum atomic E-state index is 12.3. The Morgan fingerprint density at radius 2 is 1.71 bits per heavy atom. The summed E-state index contributed by atoms with van der Waals surface area (Å²) in [7, 11) is 1.38. The topological polar surface area (TPSA) is 104 Å². The highest BCUT2D eigenvalue weighted by atomic mass is 16.4. The van der Waals surface area contributed by atoms with Gasteiger partial charge in [-0.25, -0.2) is 0 Å². The predicted octanol–water partition coefficient (Wildman–Crippen LogP) is 1.53. The summed E-state index contributed by atoms with van der Waals surface area (Å²) in [5.41, 5.74) is -0.346. The van der Waals surface area contributed by atoms with Crippen molar-refractivity contribution in [3.05, 3.63) is 34.9 Å². The van der Waals surface area contributed by atoms with E-state index in [0.717, 1.165) is 4.90 Å². The van der Waals surface area contributed by atoms with Crippen LogP contribution in [0.25, 0.3) is 0 Å². The van der Waals surface area contributed by atoms with E-state index in [4.69, 9.17) is 0 Å². The summed E-state index contributed by atoms with van der Waals surface area (Å²) in [6.45, 7) is 3.52. The maximum Gasteiger partial charge on any atom is 0.311 e. The molecule has 0 radical (unpaired) electrons. The summed E-state index contributed by atoms with van der Waals surface area (Å²) in [4.78, 5) is 48.6. The number of imide groups is 1. The molecule has 3 amide bonds. The average Bonchev–Trinajstić information content (AvgIpc) is 2.80. The van der Waals surface area contributed by atoms with Gasteiger partial charge in [0.15, 0.2) is 0 Å². The normalized spacial score (nSPS) is 13.9. The van der Waals surface area contributed by atoms with E-state index in [1.54, 1.807) is 13.8 Å². The Kier molecular flexibility index (Phi) is 4.73. The second kappa shape index (κ2) is 6.43. The number of nitrogens with one attached hydrogen (secondary N) is 1. The van der Waals surface area contributed by atoms with E-state index >= 15 is 0 Å². The Hall–Kier alpha value is -2.70. The molecule has 0 aliphatic carbocycles. The third-order valence-electron chi connectivity index (χ3n) is 4.75. The molecule has 1 aromatic carbocycles. The smallest absolute Gasteiger partial charge is 0.311 e. The Bertz CT molecular complexity index is 722. The minimum atomic E-state index is -1.02. The van der Waals surface area contributed by atoms with Crippen molar-refractivity contribution in [1.29, 1.82) is 0 Å². The van der Waals surface area contributed by atoms with E-state index in [9.17, 15) is 24.3 Å². The van der Waals surface area contributed by atoms with Gasteiger partial charge < -0.3 is 10.4 Å². The Morgan fingerprint density at radius 1 is 1.12 bits per heavy atom. The number of rotatable bonds is 6. The van der Waals surface area contributed by atoms with Crippen LogP contribution in [-0.2, 0) is 4.79 Å². The molecular weight excluding hydrogens is 312 g/mol. The highest BCUT2D eigenvalue weighted by Crippen LogP contribution is 2.26. The van der Waals surface area contributed by atoms with Gasteiger partial charge in [0.1, 0.15) is 0 Å². The molecule has 0 saturated carbocycles. The molecule has 1 aliphatic heterocycles. The van der Waals surface area contributed by atoms with E-state index in [1.807, 2.05) is 0 Å². The number of carbonyl (C=O) groups excluding carboxylic acids is 3. The molecule has 0 aromatic heterocycles. The number of carboxylic acids is 1. The summed E-state index contributed by atoms with van der Waals surface area (Å²) in [5.74, 6) is -2.28. The van der Waals surface area contributed by atoms with Crippen molar-refractivity contribution in [2.75, 3.05) is 13.6 Å². The number of benzene rings is 1. The van der Waals surface area contributed by atoms with Gasteiger partial charge in [-0.05, 0) is 31.0 Å². The summed E-state index contributed by atoms with van der Waals surface area (Å²) in [6, 6.07) is 4.27. The average molecular weight is 332 g/mol. The molecule has 0 bridgehead atoms. The molecule has 1 heterocycles. The number of fused-ring (bicyclic) bond motifs is 1. The molecule has 0 spiro atoms. The molecular formula is C17H20N2O5. The van der Waals surface area contributed by atoms with E-state index in [2.05, 4.69) is 5.32 Å². The van der Waals surface area contributed by atoms with Crippen molar-refractivity contribution in [2.24, 2.45) is 5.41 Å². The molecule has 1 aromatic rings. The molecule has 0 atom stereocenters. The van der Waals surface area contributed by atoms with Gasteiger partial charge in [0.05, 0.1) is 16.5 Å². The van der Waals surface area contributed by atoms with Crippen LogP contribution in [0.3, 0.4) is 0 Å². The molecule has 0 fully saturated rings. The van der Waals surface area contributed by atoms with Gasteiger partial charge in [-0.2, -0.15) is 0 Å². The zero-order valence-corrected chi connectivity index (χ0v) is 13.9. The minimum absolute atomic E-state index is 0.00195. The zero-order chi connectivity index (χ0) is 18.1. The number of nitrogens with zero attached hydrogens (tertiary/aromatic N) is 1. The van der Waals surface area contributed by atoms with Crippen LogP contribution in [0.15, 0.2) is 18.2 Å². The van der Waals surface area contributed by atoms with Gasteiger partial charge in [-0.3, -0.25) is 24.1 Å². The molecule has 128 valence electrons. The standard InChI is InChI=1S/C17H20N2O5/c1-4-17(5-2,16(23)24)9-18-13(20)10-6-7-11-12(8-10)15(22)19(3)14(11)21/h6-8H,4-5,9H2,1-3H3,(H,18,20)(H,23,24). The fourth-order valence-corrected chi connectivity index (χ4v) is 2.73. The second-order valence-electron chi connectivity index (χ2n) is 5.90. The van der Waals surface area contributed by atoms with E-state index in [-0.39, 0.29) is 23.2 Å². The second-order valence-corrected chi connectivity index (χ2v) is 5.90. The predicted molar refractivity (Wildman–Crippen MR) is 85.9 cm³/mol. The lowest BCUT2D eigenvalue weighted by Crippen LogP contribution is -2.42. The van der Waals surface area contributed by atoms with Crippen LogP contribution in [-0.4, -0.2) is 47.3 Å². The van der Waals surface area contributed by atoms with Crippen molar-refractivity contribution in [1.82, 2.24) is 10.2 Å². The number of hydrogen-bond acceptors (Lipinski definition) is 4. The fourth-order valence-electron chi connectivity index (χ4n) is 2.73. The lowest BCUT2D eigenvalue weighted by molar-refractivity contribution is -0.149. The Balaban J connectivity index is 2.19. The van der Waals surface area contributed by atoms with Crippen molar-refractivity contribution >= 4 is 23.7 Å². The molecule has 2 N–H and O–H groups in total.